The van der Waals surface area contributed by atoms with E-state index in [0.717, 1.165) is 19.5 Å². The molecule has 0 bridgehead atoms. The third-order valence-corrected chi connectivity index (χ3v) is 2.82. The van der Waals surface area contributed by atoms with E-state index in [0.29, 0.717) is 6.54 Å². The first-order chi connectivity index (χ1) is 8.65. The van der Waals surface area contributed by atoms with Gasteiger partial charge in [0, 0.05) is 25.3 Å². The second kappa shape index (κ2) is 7.71. The number of anilines is 1. The molecule has 0 aliphatic carbocycles. The molecule has 18 heavy (non-hydrogen) atoms. The fourth-order valence-corrected chi connectivity index (χ4v) is 1.75. The Morgan fingerprint density at radius 2 is 2.06 bits per heavy atom. The van der Waals surface area contributed by atoms with E-state index >= 15 is 0 Å². The molecule has 4 heteroatoms. The summed E-state index contributed by atoms with van der Waals surface area (Å²) in [6.45, 7) is 6.39. The Labute approximate surface area is 109 Å². The van der Waals surface area contributed by atoms with Crippen molar-refractivity contribution in [3.8, 4) is 0 Å². The quantitative estimate of drug-likeness (QED) is 0.718. The van der Waals surface area contributed by atoms with Gasteiger partial charge in [0.2, 0.25) is 5.91 Å². The summed E-state index contributed by atoms with van der Waals surface area (Å²) in [6.07, 6.45) is 0.918. The van der Waals surface area contributed by atoms with Crippen LogP contribution in [0.3, 0.4) is 0 Å². The number of nitrogens with zero attached hydrogens (tertiary/aromatic N) is 1. The van der Waals surface area contributed by atoms with E-state index in [2.05, 4.69) is 29.3 Å². The third kappa shape index (κ3) is 4.75. The first-order valence-electron chi connectivity index (χ1n) is 6.48. The fourth-order valence-electron chi connectivity index (χ4n) is 1.75. The largest absolute Gasteiger partial charge is 0.372 e. The van der Waals surface area contributed by atoms with E-state index in [1.165, 1.54) is 5.69 Å². The van der Waals surface area contributed by atoms with Gasteiger partial charge in [-0.05, 0) is 32.4 Å². The molecule has 1 amide bonds. The first-order valence-corrected chi connectivity index (χ1v) is 6.48. The molecule has 0 saturated carbocycles. The van der Waals surface area contributed by atoms with Gasteiger partial charge in [-0.15, -0.1) is 0 Å². The summed E-state index contributed by atoms with van der Waals surface area (Å²) in [6, 6.07) is 9.86. The summed E-state index contributed by atoms with van der Waals surface area (Å²) in [5.74, 6) is -0.0854. The van der Waals surface area contributed by atoms with Crippen LogP contribution in [0, 0.1) is 0 Å². The number of benzene rings is 1. The Balaban J connectivity index is 2.31. The Morgan fingerprint density at radius 1 is 1.39 bits per heavy atom. The maximum atomic E-state index is 11.3. The highest BCUT2D eigenvalue weighted by Gasteiger charge is 2.06. The van der Waals surface area contributed by atoms with Gasteiger partial charge in [0.25, 0.3) is 0 Å². The minimum absolute atomic E-state index is 0.0854. The zero-order chi connectivity index (χ0) is 13.4. The Kier molecular flexibility index (Phi) is 6.22. The van der Waals surface area contributed by atoms with Crippen molar-refractivity contribution in [2.45, 2.75) is 26.3 Å². The Hall–Kier alpha value is -1.55. The summed E-state index contributed by atoms with van der Waals surface area (Å²) in [4.78, 5) is 13.6. The van der Waals surface area contributed by atoms with Gasteiger partial charge < -0.3 is 16.0 Å². The maximum Gasteiger partial charge on any atom is 0.236 e. The normalized spacial score (nSPS) is 11.9. The zero-order valence-electron chi connectivity index (χ0n) is 11.2. The van der Waals surface area contributed by atoms with Gasteiger partial charge in [0.1, 0.15) is 0 Å². The van der Waals surface area contributed by atoms with Crippen LogP contribution < -0.4 is 16.0 Å². The molecule has 1 aromatic rings. The van der Waals surface area contributed by atoms with Gasteiger partial charge in [-0.25, -0.2) is 0 Å². The molecule has 0 radical (unpaired) electrons. The molecule has 4 nitrogen and oxygen atoms in total. The molecule has 1 aromatic carbocycles. The van der Waals surface area contributed by atoms with Crippen LogP contribution in [-0.4, -0.2) is 31.6 Å². The van der Waals surface area contributed by atoms with Gasteiger partial charge in [-0.2, -0.15) is 0 Å². The van der Waals surface area contributed by atoms with Crippen molar-refractivity contribution in [3.05, 3.63) is 30.3 Å². The minimum Gasteiger partial charge on any atom is -0.372 e. The second-order valence-corrected chi connectivity index (χ2v) is 4.35. The van der Waals surface area contributed by atoms with E-state index in [-0.39, 0.29) is 5.91 Å². The maximum absolute atomic E-state index is 11.3. The van der Waals surface area contributed by atoms with Gasteiger partial charge in [0.15, 0.2) is 0 Å². The summed E-state index contributed by atoms with van der Waals surface area (Å²) < 4.78 is 0. The highest BCUT2D eigenvalue weighted by Crippen LogP contribution is 2.12. The van der Waals surface area contributed by atoms with Gasteiger partial charge in [-0.1, -0.05) is 18.2 Å². The number of hydrogen-bond donors (Lipinski definition) is 2. The zero-order valence-corrected chi connectivity index (χ0v) is 11.2. The lowest BCUT2D eigenvalue weighted by atomic mass is 10.2. The molecular weight excluding hydrogens is 226 g/mol. The Bertz CT molecular complexity index is 351. The van der Waals surface area contributed by atoms with Crippen molar-refractivity contribution in [3.63, 3.8) is 0 Å². The lowest BCUT2D eigenvalue weighted by Gasteiger charge is -2.23. The van der Waals surface area contributed by atoms with Crippen molar-refractivity contribution in [1.29, 1.82) is 0 Å². The molecular formula is C14H23N3O. The molecule has 0 saturated heterocycles. The number of rotatable bonds is 7. The summed E-state index contributed by atoms with van der Waals surface area (Å²) in [5, 5.41) is 2.82. The molecule has 0 fully saturated rings. The van der Waals surface area contributed by atoms with Crippen LogP contribution in [0.5, 0.6) is 0 Å². The summed E-state index contributed by atoms with van der Waals surface area (Å²) in [7, 11) is 0. The molecule has 0 aliphatic heterocycles. The molecule has 100 valence electrons. The van der Waals surface area contributed by atoms with Crippen LogP contribution in [0.25, 0.3) is 0 Å². The SMILES string of the molecule is CCN(CCCNC(=O)[C@@H](C)N)c1ccccc1. The second-order valence-electron chi connectivity index (χ2n) is 4.35. The standard InChI is InChI=1S/C14H23N3O/c1-3-17(13-8-5-4-6-9-13)11-7-10-16-14(18)12(2)15/h4-6,8-9,12H,3,7,10-11,15H2,1-2H3,(H,16,18)/t12-/m1/s1. The van der Waals surface area contributed by atoms with Crippen LogP contribution in [0.4, 0.5) is 5.69 Å². The predicted molar refractivity (Wildman–Crippen MR) is 75.6 cm³/mol. The summed E-state index contributed by atoms with van der Waals surface area (Å²) >= 11 is 0. The van der Waals surface area contributed by atoms with Crippen LogP contribution in [0.15, 0.2) is 30.3 Å². The topological polar surface area (TPSA) is 58.4 Å². The van der Waals surface area contributed by atoms with Gasteiger partial charge >= 0.3 is 0 Å². The Morgan fingerprint density at radius 3 is 2.61 bits per heavy atom. The van der Waals surface area contributed by atoms with Crippen molar-refractivity contribution in [1.82, 2.24) is 5.32 Å². The van der Waals surface area contributed by atoms with Crippen LogP contribution >= 0.6 is 0 Å². The first kappa shape index (κ1) is 14.5. The lowest BCUT2D eigenvalue weighted by Crippen LogP contribution is -2.39. The van der Waals surface area contributed by atoms with Gasteiger partial charge in [0.05, 0.1) is 6.04 Å². The van der Waals surface area contributed by atoms with Crippen LogP contribution in [-0.2, 0) is 4.79 Å². The molecule has 0 aromatic heterocycles. The molecule has 0 aliphatic rings. The molecule has 1 rings (SSSR count). The molecule has 0 unspecified atom stereocenters. The number of carbonyl (C=O) groups excluding carboxylic acids is 1. The molecule has 0 spiro atoms. The van der Waals surface area contributed by atoms with E-state index in [4.69, 9.17) is 5.73 Å². The predicted octanol–water partition coefficient (Wildman–Crippen LogP) is 1.37. The van der Waals surface area contributed by atoms with Crippen LogP contribution in [0.2, 0.25) is 0 Å². The number of para-hydroxylation sites is 1. The molecule has 0 heterocycles. The van der Waals surface area contributed by atoms with E-state index in [1.807, 2.05) is 18.2 Å². The van der Waals surface area contributed by atoms with E-state index in [9.17, 15) is 4.79 Å². The monoisotopic (exact) mass is 249 g/mol. The number of nitrogens with one attached hydrogen (secondary N) is 1. The van der Waals surface area contributed by atoms with E-state index < -0.39 is 6.04 Å². The fraction of sp³-hybridized carbons (Fsp3) is 0.500. The molecule has 1 atom stereocenters. The number of nitrogens with two attached hydrogens (primary N) is 1. The number of amides is 1. The smallest absolute Gasteiger partial charge is 0.236 e. The van der Waals surface area contributed by atoms with Crippen molar-refractivity contribution in [2.24, 2.45) is 5.73 Å². The van der Waals surface area contributed by atoms with Crippen molar-refractivity contribution in [2.75, 3.05) is 24.5 Å². The van der Waals surface area contributed by atoms with Crippen LogP contribution in [0.1, 0.15) is 20.3 Å². The van der Waals surface area contributed by atoms with E-state index in [1.54, 1.807) is 6.92 Å². The number of hydrogen-bond acceptors (Lipinski definition) is 3. The lowest BCUT2D eigenvalue weighted by molar-refractivity contribution is -0.121. The average molecular weight is 249 g/mol. The third-order valence-electron chi connectivity index (χ3n) is 2.82. The summed E-state index contributed by atoms with van der Waals surface area (Å²) in [5.41, 5.74) is 6.69. The molecule has 3 N–H and O–H groups in total. The number of carbonyl (C=O) groups is 1. The van der Waals surface area contributed by atoms with Crippen molar-refractivity contribution >= 4 is 11.6 Å². The van der Waals surface area contributed by atoms with Gasteiger partial charge in [-0.3, -0.25) is 4.79 Å². The highest BCUT2D eigenvalue weighted by atomic mass is 16.2. The average Bonchev–Trinajstić information content (AvgIpc) is 2.39. The highest BCUT2D eigenvalue weighted by molar-refractivity contribution is 5.80. The minimum atomic E-state index is -0.429. The van der Waals surface area contributed by atoms with Crippen molar-refractivity contribution < 1.29 is 4.79 Å².